The summed E-state index contributed by atoms with van der Waals surface area (Å²) >= 11 is 12.5. The second-order valence-corrected chi connectivity index (χ2v) is 9.90. The molecule has 34 heavy (non-hydrogen) atoms. The van der Waals surface area contributed by atoms with Crippen molar-refractivity contribution < 1.29 is 4.79 Å². The Hall–Kier alpha value is -2.40. The molecule has 1 saturated heterocycles. The molecule has 1 aliphatic heterocycles. The second-order valence-electron chi connectivity index (χ2n) is 9.08. The largest absolute Gasteiger partial charge is 0.341 e. The van der Waals surface area contributed by atoms with Gasteiger partial charge in [-0.3, -0.25) is 9.78 Å². The van der Waals surface area contributed by atoms with E-state index in [9.17, 15) is 4.79 Å². The van der Waals surface area contributed by atoms with E-state index in [0.717, 1.165) is 44.5 Å². The first kappa shape index (κ1) is 24.7. The third kappa shape index (κ3) is 6.38. The Balaban J connectivity index is 1.40. The number of benzene rings is 2. The van der Waals surface area contributed by atoms with Crippen molar-refractivity contribution in [3.05, 3.63) is 99.8 Å². The van der Waals surface area contributed by atoms with E-state index in [1.54, 1.807) is 0 Å². The summed E-state index contributed by atoms with van der Waals surface area (Å²) in [4.78, 5) is 21.9. The van der Waals surface area contributed by atoms with Crippen molar-refractivity contribution in [2.45, 2.75) is 31.1 Å². The number of likely N-dealkylation sites (N-methyl/N-ethyl adjacent to an activating group) is 1. The Morgan fingerprint density at radius 3 is 2.44 bits per heavy atom. The fourth-order valence-electron chi connectivity index (χ4n) is 4.75. The second kappa shape index (κ2) is 11.8. The van der Waals surface area contributed by atoms with Gasteiger partial charge in [0.05, 0.1) is 10.0 Å². The van der Waals surface area contributed by atoms with Gasteiger partial charge < -0.3 is 9.80 Å². The number of hydrogen-bond donors (Lipinski definition) is 0. The van der Waals surface area contributed by atoms with Gasteiger partial charge in [-0.05, 0) is 80.9 Å². The number of pyridine rings is 1. The SMILES string of the molecule is CN(C[C@@H](CCN1CCC(c2ccccn2)CC1)c1ccc(Cl)c(Cl)c1)C(=O)c1ccccc1. The standard InChI is InChI=1S/C28H31Cl2N3O/c1-32(28(34)22-7-3-2-4-8-22)20-24(23-10-11-25(29)26(30)19-23)14-18-33-16-12-21(13-17-33)27-9-5-6-15-31-27/h2-11,15,19,21,24H,12-14,16-18,20H2,1H3/t24-/m1/s1. The first-order valence-corrected chi connectivity index (χ1v) is 12.7. The van der Waals surface area contributed by atoms with Crippen LogP contribution in [0.15, 0.2) is 72.9 Å². The molecule has 4 rings (SSSR count). The number of aromatic nitrogens is 1. The molecule has 0 bridgehead atoms. The summed E-state index contributed by atoms with van der Waals surface area (Å²) in [6, 6.07) is 21.5. The van der Waals surface area contributed by atoms with Gasteiger partial charge in [0, 0.05) is 42.9 Å². The van der Waals surface area contributed by atoms with Crippen LogP contribution in [0.5, 0.6) is 0 Å². The molecule has 1 aromatic heterocycles. The zero-order valence-electron chi connectivity index (χ0n) is 19.5. The highest BCUT2D eigenvalue weighted by atomic mass is 35.5. The average Bonchev–Trinajstić information content (AvgIpc) is 2.89. The van der Waals surface area contributed by atoms with Crippen LogP contribution >= 0.6 is 23.2 Å². The predicted octanol–water partition coefficient (Wildman–Crippen LogP) is 6.51. The molecule has 4 nitrogen and oxygen atoms in total. The number of nitrogens with zero attached hydrogens (tertiary/aromatic N) is 3. The van der Waals surface area contributed by atoms with Gasteiger partial charge in [0.2, 0.25) is 0 Å². The fraction of sp³-hybridized carbons (Fsp3) is 0.357. The highest BCUT2D eigenvalue weighted by molar-refractivity contribution is 6.42. The lowest BCUT2D eigenvalue weighted by Crippen LogP contribution is -2.36. The van der Waals surface area contributed by atoms with Crippen LogP contribution in [0.2, 0.25) is 10.0 Å². The molecule has 3 aromatic rings. The summed E-state index contributed by atoms with van der Waals surface area (Å²) in [5.41, 5.74) is 3.02. The van der Waals surface area contributed by atoms with Crippen molar-refractivity contribution in [1.29, 1.82) is 0 Å². The molecule has 6 heteroatoms. The van der Waals surface area contributed by atoms with Crippen LogP contribution in [0.4, 0.5) is 0 Å². The van der Waals surface area contributed by atoms with Gasteiger partial charge in [-0.1, -0.05) is 53.5 Å². The third-order valence-corrected chi connectivity index (χ3v) is 7.50. The smallest absolute Gasteiger partial charge is 0.253 e. The van der Waals surface area contributed by atoms with Crippen molar-refractivity contribution in [3.8, 4) is 0 Å². The maximum Gasteiger partial charge on any atom is 0.253 e. The van der Waals surface area contributed by atoms with Crippen LogP contribution < -0.4 is 0 Å². The van der Waals surface area contributed by atoms with E-state index in [1.165, 1.54) is 5.69 Å². The molecule has 2 heterocycles. The van der Waals surface area contributed by atoms with E-state index in [0.29, 0.717) is 28.1 Å². The van der Waals surface area contributed by atoms with Crippen LogP contribution in [-0.2, 0) is 0 Å². The van der Waals surface area contributed by atoms with Crippen LogP contribution in [-0.4, -0.2) is 53.9 Å². The number of carbonyl (C=O) groups excluding carboxylic acids is 1. The Bertz CT molecular complexity index is 1070. The molecule has 1 fully saturated rings. The minimum atomic E-state index is 0.0295. The molecule has 0 saturated carbocycles. The lowest BCUT2D eigenvalue weighted by Gasteiger charge is -2.33. The molecule has 1 aliphatic rings. The number of amides is 1. The first-order chi connectivity index (χ1) is 16.5. The summed E-state index contributed by atoms with van der Waals surface area (Å²) < 4.78 is 0. The van der Waals surface area contributed by atoms with Gasteiger partial charge in [0.25, 0.3) is 5.91 Å². The molecule has 0 N–H and O–H groups in total. The normalized spacial score (nSPS) is 15.7. The van der Waals surface area contributed by atoms with E-state index in [-0.39, 0.29) is 11.8 Å². The molecule has 1 atom stereocenters. The third-order valence-electron chi connectivity index (χ3n) is 6.76. The molecule has 0 spiro atoms. The predicted molar refractivity (Wildman–Crippen MR) is 140 cm³/mol. The van der Waals surface area contributed by atoms with Crippen molar-refractivity contribution in [2.24, 2.45) is 0 Å². The molecule has 178 valence electrons. The summed E-state index contributed by atoms with van der Waals surface area (Å²) in [6.45, 7) is 3.73. The van der Waals surface area contributed by atoms with Crippen molar-refractivity contribution in [1.82, 2.24) is 14.8 Å². The molecule has 2 aromatic carbocycles. The van der Waals surface area contributed by atoms with Gasteiger partial charge in [-0.25, -0.2) is 0 Å². The molecular formula is C28H31Cl2N3O. The number of hydrogen-bond acceptors (Lipinski definition) is 3. The summed E-state index contributed by atoms with van der Waals surface area (Å²) in [5.74, 6) is 0.737. The maximum atomic E-state index is 13.0. The highest BCUT2D eigenvalue weighted by Crippen LogP contribution is 2.31. The molecule has 0 aliphatic carbocycles. The number of piperidine rings is 1. The lowest BCUT2D eigenvalue weighted by atomic mass is 9.91. The van der Waals surface area contributed by atoms with Crippen LogP contribution in [0, 0.1) is 0 Å². The van der Waals surface area contributed by atoms with Crippen molar-refractivity contribution in [2.75, 3.05) is 33.2 Å². The first-order valence-electron chi connectivity index (χ1n) is 11.9. The minimum absolute atomic E-state index is 0.0295. The van der Waals surface area contributed by atoms with Crippen LogP contribution in [0.1, 0.15) is 52.7 Å². The van der Waals surface area contributed by atoms with Crippen molar-refractivity contribution >= 4 is 29.1 Å². The van der Waals surface area contributed by atoms with E-state index in [1.807, 2.05) is 72.7 Å². The minimum Gasteiger partial charge on any atom is -0.341 e. The topological polar surface area (TPSA) is 36.4 Å². The van der Waals surface area contributed by atoms with E-state index in [4.69, 9.17) is 23.2 Å². The van der Waals surface area contributed by atoms with Crippen LogP contribution in [0.3, 0.4) is 0 Å². The fourth-order valence-corrected chi connectivity index (χ4v) is 5.06. The Morgan fingerprint density at radius 2 is 1.76 bits per heavy atom. The van der Waals surface area contributed by atoms with E-state index >= 15 is 0 Å². The Kier molecular flexibility index (Phi) is 8.60. The molecule has 1 amide bonds. The monoisotopic (exact) mass is 495 g/mol. The van der Waals surface area contributed by atoms with Crippen LogP contribution in [0.25, 0.3) is 0 Å². The number of halogens is 2. The zero-order valence-corrected chi connectivity index (χ0v) is 21.1. The highest BCUT2D eigenvalue weighted by Gasteiger charge is 2.24. The number of carbonyl (C=O) groups is 1. The van der Waals surface area contributed by atoms with Gasteiger partial charge in [-0.15, -0.1) is 0 Å². The Morgan fingerprint density at radius 1 is 1.03 bits per heavy atom. The molecular weight excluding hydrogens is 465 g/mol. The molecule has 0 radical (unpaired) electrons. The van der Waals surface area contributed by atoms with Gasteiger partial charge in [0.1, 0.15) is 0 Å². The summed E-state index contributed by atoms with van der Waals surface area (Å²) in [5, 5.41) is 1.10. The average molecular weight is 496 g/mol. The number of likely N-dealkylation sites (tertiary alicyclic amines) is 1. The van der Waals surface area contributed by atoms with Gasteiger partial charge >= 0.3 is 0 Å². The zero-order chi connectivity index (χ0) is 23.9. The maximum absolute atomic E-state index is 13.0. The van der Waals surface area contributed by atoms with Gasteiger partial charge in [-0.2, -0.15) is 0 Å². The summed E-state index contributed by atoms with van der Waals surface area (Å²) in [6.07, 6.45) is 5.08. The van der Waals surface area contributed by atoms with E-state index < -0.39 is 0 Å². The lowest BCUT2D eigenvalue weighted by molar-refractivity contribution is 0.0781. The quantitative estimate of drug-likeness (QED) is 0.357. The Labute approximate surface area is 212 Å². The molecule has 0 unspecified atom stereocenters. The van der Waals surface area contributed by atoms with E-state index in [2.05, 4.69) is 22.0 Å². The summed E-state index contributed by atoms with van der Waals surface area (Å²) in [7, 11) is 1.87. The number of rotatable bonds is 8. The van der Waals surface area contributed by atoms with Gasteiger partial charge in [0.15, 0.2) is 0 Å². The van der Waals surface area contributed by atoms with Crippen molar-refractivity contribution in [3.63, 3.8) is 0 Å².